The first-order valence-corrected chi connectivity index (χ1v) is 15.3. The molecular weight excluding hydrogens is 599 g/mol. The molecule has 42 heavy (non-hydrogen) atoms. The fourth-order valence-electron chi connectivity index (χ4n) is 5.31. The van der Waals surface area contributed by atoms with Gasteiger partial charge in [0.15, 0.2) is 0 Å². The average molecular weight is 628 g/mol. The van der Waals surface area contributed by atoms with Gasteiger partial charge in [-0.1, -0.05) is 11.6 Å². The summed E-state index contributed by atoms with van der Waals surface area (Å²) in [5.41, 5.74) is 2.63. The van der Waals surface area contributed by atoms with Crippen LogP contribution in [0.3, 0.4) is 0 Å². The van der Waals surface area contributed by atoms with Gasteiger partial charge in [0, 0.05) is 67.0 Å². The first kappa shape index (κ1) is 30.2. The second-order valence-corrected chi connectivity index (χ2v) is 12.5. The largest absolute Gasteiger partial charge is 0.573 e. The fourth-order valence-corrected chi connectivity index (χ4v) is 5.96. The van der Waals surface area contributed by atoms with Gasteiger partial charge in [-0.15, -0.1) is 13.2 Å². The Labute approximate surface area is 245 Å². The highest BCUT2D eigenvalue weighted by Gasteiger charge is 2.36. The number of hydrogen-bond donors (Lipinski definition) is 3. The molecule has 0 spiro atoms. The first-order valence-electron chi connectivity index (χ1n) is 13.0. The topological polar surface area (TPSA) is 133 Å². The Morgan fingerprint density at radius 3 is 2.69 bits per heavy atom. The van der Waals surface area contributed by atoms with Crippen molar-refractivity contribution in [2.45, 2.75) is 57.5 Å². The van der Waals surface area contributed by atoms with Crippen LogP contribution in [-0.2, 0) is 23.1 Å². The summed E-state index contributed by atoms with van der Waals surface area (Å²) in [6.45, 7) is 3.90. The maximum Gasteiger partial charge on any atom is 0.573 e. The number of nitrogens with zero attached hydrogens (tertiary/aromatic N) is 5. The quantitative estimate of drug-likeness (QED) is 0.330. The monoisotopic (exact) mass is 627 g/mol. The molecule has 1 saturated heterocycles. The molecule has 2 aliphatic heterocycles. The van der Waals surface area contributed by atoms with Crippen LogP contribution in [0.15, 0.2) is 42.7 Å². The summed E-state index contributed by atoms with van der Waals surface area (Å²) in [5, 5.41) is 13.8. The molecule has 16 heteroatoms. The van der Waals surface area contributed by atoms with Crippen molar-refractivity contribution in [2.75, 3.05) is 22.8 Å². The minimum absolute atomic E-state index is 0.0308. The molecule has 1 aromatic carbocycles. The number of likely N-dealkylation sites (tertiary alicyclic amines) is 1. The van der Waals surface area contributed by atoms with E-state index >= 15 is 0 Å². The lowest BCUT2D eigenvalue weighted by Crippen LogP contribution is -2.48. The number of alkyl halides is 3. The second-order valence-electron chi connectivity index (χ2n) is 10.4. The lowest BCUT2D eigenvalue weighted by Gasteiger charge is -2.43. The Balaban J connectivity index is 1.20. The number of fused-ring (bicyclic) bond motifs is 1. The molecule has 5 rings (SSSR count). The third kappa shape index (κ3) is 7.39. The molecule has 4 heterocycles. The number of halogens is 4. The van der Waals surface area contributed by atoms with Gasteiger partial charge in [-0.2, -0.15) is 0 Å². The Morgan fingerprint density at radius 1 is 1.19 bits per heavy atom. The van der Waals surface area contributed by atoms with Gasteiger partial charge in [-0.25, -0.2) is 23.4 Å². The number of aromatic nitrogens is 3. The van der Waals surface area contributed by atoms with Crippen molar-refractivity contribution in [2.24, 2.45) is 0 Å². The third-order valence-corrected chi connectivity index (χ3v) is 8.09. The molecule has 0 amide bonds. The highest BCUT2D eigenvalue weighted by molar-refractivity contribution is 7.92. The number of piperidine rings is 1. The summed E-state index contributed by atoms with van der Waals surface area (Å²) < 4.78 is 67.5. The minimum Gasteiger partial charge on any atom is -0.404 e. The second kappa shape index (κ2) is 11.8. The van der Waals surface area contributed by atoms with E-state index in [1.165, 1.54) is 24.4 Å². The van der Waals surface area contributed by atoms with Crippen LogP contribution in [0.5, 0.6) is 5.75 Å². The maximum absolute atomic E-state index is 12.7. The van der Waals surface area contributed by atoms with Gasteiger partial charge in [0.1, 0.15) is 17.8 Å². The smallest absolute Gasteiger partial charge is 0.404 e. The van der Waals surface area contributed by atoms with Gasteiger partial charge in [-0.05, 0) is 44.0 Å². The molecular formula is C26H29ClF3N7O4S. The first-order chi connectivity index (χ1) is 19.7. The van der Waals surface area contributed by atoms with Crippen molar-refractivity contribution in [3.63, 3.8) is 0 Å². The maximum atomic E-state index is 12.7. The zero-order chi connectivity index (χ0) is 30.2. The normalized spacial score (nSPS) is 20.6. The molecule has 3 N–H and O–H groups in total. The molecule has 1 fully saturated rings. The van der Waals surface area contributed by atoms with Crippen molar-refractivity contribution in [1.29, 1.82) is 0 Å². The van der Waals surface area contributed by atoms with E-state index in [2.05, 4.69) is 34.6 Å². The van der Waals surface area contributed by atoms with Crippen molar-refractivity contribution < 1.29 is 31.4 Å². The van der Waals surface area contributed by atoms with E-state index in [-0.39, 0.29) is 28.9 Å². The summed E-state index contributed by atoms with van der Waals surface area (Å²) in [7, 11) is -3.50. The van der Waals surface area contributed by atoms with E-state index in [0.717, 1.165) is 36.4 Å². The summed E-state index contributed by atoms with van der Waals surface area (Å²) in [4.78, 5) is 17.2. The van der Waals surface area contributed by atoms with Crippen LogP contribution < -0.4 is 14.8 Å². The predicted octanol–water partition coefficient (Wildman–Crippen LogP) is 4.40. The van der Waals surface area contributed by atoms with Gasteiger partial charge in [0.05, 0.1) is 17.0 Å². The molecule has 0 bridgehead atoms. The highest BCUT2D eigenvalue weighted by atomic mass is 35.5. The highest BCUT2D eigenvalue weighted by Crippen LogP contribution is 2.35. The van der Waals surface area contributed by atoms with Crippen LogP contribution in [-0.4, -0.2) is 69.5 Å². The number of aliphatic hydroxyl groups excluding tert-OH is 1. The molecule has 3 atom stereocenters. The third-order valence-electron chi connectivity index (χ3n) is 7.20. The van der Waals surface area contributed by atoms with Crippen molar-refractivity contribution >= 4 is 39.1 Å². The lowest BCUT2D eigenvalue weighted by atomic mass is 9.96. The molecule has 0 radical (unpaired) electrons. The molecule has 226 valence electrons. The van der Waals surface area contributed by atoms with E-state index < -0.39 is 28.4 Å². The van der Waals surface area contributed by atoms with Gasteiger partial charge >= 0.3 is 6.36 Å². The SMILES string of the molecule is C[C@@H]1C[C@@H](N2Cc3cnc(Nc4ccc(Cl)c(OC(F)(F)F)c4)nc3C2)CCN1C(O)c1ccnc(NS(C)(=O)=O)c1. The Hall–Kier alpha value is -3.24. The zero-order valence-electron chi connectivity index (χ0n) is 22.6. The molecule has 2 aliphatic rings. The van der Waals surface area contributed by atoms with Gasteiger partial charge in [0.2, 0.25) is 16.0 Å². The van der Waals surface area contributed by atoms with Gasteiger partial charge in [-0.3, -0.25) is 14.5 Å². The van der Waals surface area contributed by atoms with E-state index in [4.69, 9.17) is 11.6 Å². The Morgan fingerprint density at radius 2 is 1.98 bits per heavy atom. The number of nitrogens with one attached hydrogen (secondary N) is 2. The number of benzene rings is 1. The van der Waals surface area contributed by atoms with Crippen LogP contribution in [0.25, 0.3) is 0 Å². The van der Waals surface area contributed by atoms with E-state index in [0.29, 0.717) is 30.9 Å². The average Bonchev–Trinajstić information content (AvgIpc) is 3.32. The van der Waals surface area contributed by atoms with Crippen molar-refractivity contribution in [3.05, 3.63) is 64.6 Å². The van der Waals surface area contributed by atoms with Crippen molar-refractivity contribution in [3.8, 4) is 5.75 Å². The number of hydrogen-bond acceptors (Lipinski definition) is 10. The van der Waals surface area contributed by atoms with Gasteiger partial charge < -0.3 is 15.2 Å². The van der Waals surface area contributed by atoms with Gasteiger partial charge in [0.25, 0.3) is 0 Å². The van der Waals surface area contributed by atoms with Crippen molar-refractivity contribution in [1.82, 2.24) is 24.8 Å². The molecule has 0 aliphatic carbocycles. The zero-order valence-corrected chi connectivity index (χ0v) is 24.2. The summed E-state index contributed by atoms with van der Waals surface area (Å²) in [6.07, 6.45) is -0.0123. The van der Waals surface area contributed by atoms with E-state index in [9.17, 15) is 26.7 Å². The number of pyridine rings is 1. The standard InChI is InChI=1S/C26H29ClF3N7O4S/c1-15-9-19(6-8-37(15)24(38)16-5-7-31-23(10-16)35-42(2,39)40)36-13-17-12-32-25(34-21(17)14-36)33-18-3-4-20(27)22(11-18)41-26(28,29)30/h3-5,7,10-12,15,19,24,38H,6,8-9,13-14H2,1-2H3,(H,31,35)(H,32,33,34)/t15-,19+,24?/m1/s1. The summed E-state index contributed by atoms with van der Waals surface area (Å²) in [6, 6.07) is 7.39. The summed E-state index contributed by atoms with van der Waals surface area (Å²) >= 11 is 5.84. The van der Waals surface area contributed by atoms with Crippen LogP contribution in [0.1, 0.15) is 42.8 Å². The van der Waals surface area contributed by atoms with Crippen LogP contribution in [0.2, 0.25) is 5.02 Å². The Bertz CT molecular complexity index is 1560. The summed E-state index contributed by atoms with van der Waals surface area (Å²) in [5.74, 6) is -0.140. The fraction of sp³-hybridized carbons (Fsp3) is 0.423. The molecule has 0 saturated carbocycles. The molecule has 2 aromatic heterocycles. The van der Waals surface area contributed by atoms with E-state index in [1.54, 1.807) is 12.3 Å². The number of sulfonamides is 1. The van der Waals surface area contributed by atoms with Crippen LogP contribution in [0, 0.1) is 0 Å². The van der Waals surface area contributed by atoms with E-state index in [1.807, 2.05) is 11.8 Å². The minimum atomic E-state index is -4.87. The van der Waals surface area contributed by atoms with Crippen LogP contribution in [0.4, 0.5) is 30.6 Å². The predicted molar refractivity (Wildman–Crippen MR) is 150 cm³/mol. The lowest BCUT2D eigenvalue weighted by molar-refractivity contribution is -0.274. The molecule has 3 aromatic rings. The Kier molecular flexibility index (Phi) is 8.49. The van der Waals surface area contributed by atoms with Crippen LogP contribution >= 0.6 is 11.6 Å². The number of aliphatic hydroxyl groups is 1. The number of ether oxygens (including phenoxy) is 1. The number of rotatable bonds is 8. The molecule has 11 nitrogen and oxygen atoms in total. The molecule has 1 unspecified atom stereocenters. The number of anilines is 3.